The first kappa shape index (κ1) is 24.6. The average Bonchev–Trinajstić information content (AvgIpc) is 2.86. The molecule has 1 aromatic heterocycles. The number of hydrogen-bond acceptors (Lipinski definition) is 6. The van der Waals surface area contributed by atoms with Crippen molar-refractivity contribution in [1.82, 2.24) is 10.3 Å². The van der Waals surface area contributed by atoms with Gasteiger partial charge < -0.3 is 19.5 Å². The van der Waals surface area contributed by atoms with Gasteiger partial charge in [-0.3, -0.25) is 15.1 Å². The summed E-state index contributed by atoms with van der Waals surface area (Å²) in [6, 6.07) is 14.9. The van der Waals surface area contributed by atoms with E-state index in [-0.39, 0.29) is 5.91 Å². The lowest BCUT2D eigenvalue weighted by atomic mass is 10.0. The van der Waals surface area contributed by atoms with E-state index in [1.165, 1.54) is 26.9 Å². The Morgan fingerprint density at radius 3 is 2.24 bits per heavy atom. The van der Waals surface area contributed by atoms with Gasteiger partial charge in [-0.15, -0.1) is 0 Å². The molecule has 8 heteroatoms. The van der Waals surface area contributed by atoms with Gasteiger partial charge in [0, 0.05) is 23.6 Å². The van der Waals surface area contributed by atoms with Crippen LogP contribution in [0.1, 0.15) is 41.3 Å². The lowest BCUT2D eigenvalue weighted by Crippen LogP contribution is -2.36. The second-order valence-electron chi connectivity index (χ2n) is 7.79. The lowest BCUT2D eigenvalue weighted by Gasteiger charge is -2.16. The Morgan fingerprint density at radius 2 is 1.65 bits per heavy atom. The molecule has 8 nitrogen and oxygen atoms in total. The molecule has 0 unspecified atom stereocenters. The number of anilines is 1. The summed E-state index contributed by atoms with van der Waals surface area (Å²) in [5.41, 5.74) is 3.30. The van der Waals surface area contributed by atoms with Gasteiger partial charge in [0.25, 0.3) is 5.91 Å². The number of methoxy groups -OCH3 is 3. The molecule has 0 saturated heterocycles. The molecule has 3 rings (SSSR count). The maximum Gasteiger partial charge on any atom is 0.258 e. The van der Waals surface area contributed by atoms with Crippen molar-refractivity contribution < 1.29 is 19.0 Å². The molecule has 0 aliphatic rings. The molecule has 0 radical (unpaired) electrons. The van der Waals surface area contributed by atoms with E-state index < -0.39 is 0 Å². The molecule has 0 bridgehead atoms. The Bertz CT molecular complexity index is 1120. The Labute approximate surface area is 200 Å². The number of aromatic nitrogens is 1. The summed E-state index contributed by atoms with van der Waals surface area (Å²) in [7, 11) is 4.52. The molecule has 1 heterocycles. The first-order valence-electron chi connectivity index (χ1n) is 10.9. The normalized spacial score (nSPS) is 11.2. The van der Waals surface area contributed by atoms with E-state index >= 15 is 0 Å². The topological polar surface area (TPSA) is 94.1 Å². The van der Waals surface area contributed by atoms with Crippen molar-refractivity contribution >= 4 is 17.6 Å². The summed E-state index contributed by atoms with van der Waals surface area (Å²) in [4.78, 5) is 21.8. The zero-order chi connectivity index (χ0) is 24.5. The molecule has 0 aliphatic carbocycles. The molecule has 2 aromatic carbocycles. The predicted molar refractivity (Wildman–Crippen MR) is 133 cm³/mol. The van der Waals surface area contributed by atoms with Crippen LogP contribution in [0.25, 0.3) is 0 Å². The second-order valence-corrected chi connectivity index (χ2v) is 7.79. The first-order valence-corrected chi connectivity index (χ1v) is 10.9. The van der Waals surface area contributed by atoms with Gasteiger partial charge in [0.15, 0.2) is 11.5 Å². The fraction of sp³-hybridized carbons (Fsp3) is 0.269. The summed E-state index contributed by atoms with van der Waals surface area (Å²) in [6.07, 6.45) is 3.41. The van der Waals surface area contributed by atoms with Crippen LogP contribution in [0.15, 0.2) is 65.9 Å². The maximum absolute atomic E-state index is 13.2. The Balaban J connectivity index is 1.90. The highest BCUT2D eigenvalue weighted by molar-refractivity contribution is 6.10. The maximum atomic E-state index is 13.2. The minimum atomic E-state index is -0.375. The fourth-order valence-electron chi connectivity index (χ4n) is 3.27. The van der Waals surface area contributed by atoms with Crippen LogP contribution in [0, 0.1) is 0 Å². The van der Waals surface area contributed by atoms with Crippen LogP contribution in [0.3, 0.4) is 0 Å². The number of aliphatic imine (C=N–C) groups is 1. The molecule has 1 amide bonds. The van der Waals surface area contributed by atoms with Crippen LogP contribution in [-0.4, -0.2) is 38.2 Å². The number of nitrogens with one attached hydrogen (secondary N) is 2. The van der Waals surface area contributed by atoms with Gasteiger partial charge in [-0.1, -0.05) is 26.0 Å². The van der Waals surface area contributed by atoms with Gasteiger partial charge in [0.1, 0.15) is 0 Å². The molecule has 2 N–H and O–H groups in total. The number of rotatable bonds is 8. The summed E-state index contributed by atoms with van der Waals surface area (Å²) < 4.78 is 16.1. The van der Waals surface area contributed by atoms with E-state index in [2.05, 4.69) is 40.5 Å². The molecule has 0 spiro atoms. The largest absolute Gasteiger partial charge is 0.493 e. The van der Waals surface area contributed by atoms with E-state index in [1.54, 1.807) is 24.5 Å². The van der Waals surface area contributed by atoms with E-state index in [0.29, 0.717) is 41.2 Å². The van der Waals surface area contributed by atoms with E-state index in [9.17, 15) is 4.79 Å². The monoisotopic (exact) mass is 462 g/mol. The molecule has 0 aliphatic heterocycles. The van der Waals surface area contributed by atoms with Gasteiger partial charge in [-0.05, 0) is 53.4 Å². The van der Waals surface area contributed by atoms with E-state index in [1.807, 2.05) is 30.3 Å². The number of amides is 1. The third-order valence-electron chi connectivity index (χ3n) is 5.14. The van der Waals surface area contributed by atoms with Crippen molar-refractivity contribution in [2.75, 3.05) is 26.6 Å². The van der Waals surface area contributed by atoms with Crippen molar-refractivity contribution in [1.29, 1.82) is 0 Å². The van der Waals surface area contributed by atoms with Gasteiger partial charge in [0.05, 0.1) is 27.9 Å². The van der Waals surface area contributed by atoms with E-state index in [0.717, 1.165) is 11.3 Å². The van der Waals surface area contributed by atoms with Crippen molar-refractivity contribution in [3.8, 4) is 17.2 Å². The van der Waals surface area contributed by atoms with Gasteiger partial charge in [-0.2, -0.15) is 0 Å². The van der Waals surface area contributed by atoms with Crippen molar-refractivity contribution in [3.05, 3.63) is 77.6 Å². The highest BCUT2D eigenvalue weighted by Gasteiger charge is 2.18. The van der Waals surface area contributed by atoms with Crippen LogP contribution >= 0.6 is 0 Å². The SMILES string of the molecule is COc1cc(C(=O)NC(=NCc2ccncc2)Nc2cccc(C(C)C)c2)cc(OC)c1OC. The van der Waals surface area contributed by atoms with Gasteiger partial charge in [0.2, 0.25) is 11.7 Å². The Morgan fingerprint density at radius 1 is 0.971 bits per heavy atom. The fourth-order valence-corrected chi connectivity index (χ4v) is 3.27. The van der Waals surface area contributed by atoms with Crippen LogP contribution < -0.4 is 24.8 Å². The second kappa shape index (κ2) is 11.7. The average molecular weight is 463 g/mol. The molecular weight excluding hydrogens is 432 g/mol. The standard InChI is InChI=1S/C26H30N4O4/c1-17(2)19-7-6-8-21(13-19)29-26(28-16-18-9-11-27-12-10-18)30-25(31)20-14-22(32-3)24(34-5)23(15-20)33-4/h6-15,17H,16H2,1-5H3,(H2,28,29,30,31). The minimum Gasteiger partial charge on any atom is -0.493 e. The number of carbonyl (C=O) groups excluding carboxylic acids is 1. The number of hydrogen-bond donors (Lipinski definition) is 2. The van der Waals surface area contributed by atoms with Crippen molar-refractivity contribution in [3.63, 3.8) is 0 Å². The predicted octanol–water partition coefficient (Wildman–Crippen LogP) is 4.63. The number of pyridine rings is 1. The molecule has 178 valence electrons. The number of guanidine groups is 1. The Kier molecular flexibility index (Phi) is 8.45. The van der Waals surface area contributed by atoms with Crippen LogP contribution in [0.2, 0.25) is 0 Å². The molecule has 34 heavy (non-hydrogen) atoms. The van der Waals surface area contributed by atoms with Crippen molar-refractivity contribution in [2.45, 2.75) is 26.3 Å². The lowest BCUT2D eigenvalue weighted by molar-refractivity contribution is 0.0976. The number of nitrogens with zero attached hydrogens (tertiary/aromatic N) is 2. The smallest absolute Gasteiger partial charge is 0.258 e. The number of carbonyl (C=O) groups is 1. The summed E-state index contributed by atoms with van der Waals surface area (Å²) in [6.45, 7) is 4.62. The van der Waals surface area contributed by atoms with Crippen molar-refractivity contribution in [2.24, 2.45) is 4.99 Å². The zero-order valence-electron chi connectivity index (χ0n) is 20.1. The number of ether oxygens (including phenoxy) is 3. The Hall–Kier alpha value is -4.07. The summed E-state index contributed by atoms with van der Waals surface area (Å²) in [5, 5.41) is 6.11. The van der Waals surface area contributed by atoms with Crippen LogP contribution in [0.4, 0.5) is 5.69 Å². The molecular formula is C26H30N4O4. The highest BCUT2D eigenvalue weighted by Crippen LogP contribution is 2.38. The van der Waals surface area contributed by atoms with Crippen LogP contribution in [-0.2, 0) is 6.54 Å². The highest BCUT2D eigenvalue weighted by atomic mass is 16.5. The third kappa shape index (κ3) is 6.25. The van der Waals surface area contributed by atoms with E-state index in [4.69, 9.17) is 14.2 Å². The number of benzene rings is 2. The molecule has 0 atom stereocenters. The third-order valence-corrected chi connectivity index (χ3v) is 5.14. The summed E-state index contributed by atoms with van der Waals surface area (Å²) in [5.74, 6) is 1.50. The molecule has 0 fully saturated rings. The molecule has 3 aromatic rings. The minimum absolute atomic E-state index is 0.316. The first-order chi connectivity index (χ1) is 16.4. The quantitative estimate of drug-likeness (QED) is 0.375. The van der Waals surface area contributed by atoms with Gasteiger partial charge in [-0.25, -0.2) is 4.99 Å². The summed E-state index contributed by atoms with van der Waals surface area (Å²) >= 11 is 0. The zero-order valence-corrected chi connectivity index (χ0v) is 20.1. The van der Waals surface area contributed by atoms with Gasteiger partial charge >= 0.3 is 0 Å². The van der Waals surface area contributed by atoms with Crippen LogP contribution in [0.5, 0.6) is 17.2 Å². The molecule has 0 saturated carbocycles.